The average molecular weight is 493 g/mol. The Morgan fingerprint density at radius 3 is 2.23 bits per heavy atom. The number of carbonyl (C=O) groups excluding carboxylic acids is 2. The van der Waals surface area contributed by atoms with Crippen molar-refractivity contribution in [1.82, 2.24) is 9.88 Å². The Morgan fingerprint density at radius 2 is 1.63 bits per heavy atom. The van der Waals surface area contributed by atoms with Gasteiger partial charge in [-0.15, -0.1) is 0 Å². The van der Waals surface area contributed by atoms with E-state index < -0.39 is 41.5 Å². The maximum atomic E-state index is 12.6. The fraction of sp³-hybridized carbons (Fsp3) is 0.240. The van der Waals surface area contributed by atoms with Gasteiger partial charge in [-0.3, -0.25) is 4.79 Å². The number of carbonyl (C=O) groups is 2. The van der Waals surface area contributed by atoms with Crippen molar-refractivity contribution in [2.24, 2.45) is 7.05 Å². The van der Waals surface area contributed by atoms with Crippen LogP contribution in [-0.4, -0.2) is 16.6 Å². The molecule has 10 heteroatoms. The molecule has 8 nitrogen and oxygen atoms in total. The molecule has 3 aromatic rings. The van der Waals surface area contributed by atoms with Crippen molar-refractivity contribution >= 4 is 17.7 Å². The molecule has 0 radical (unpaired) electrons. The van der Waals surface area contributed by atoms with Crippen molar-refractivity contribution in [2.45, 2.75) is 33.2 Å². The van der Waals surface area contributed by atoms with Crippen LogP contribution in [0.1, 0.15) is 34.7 Å². The van der Waals surface area contributed by atoms with Crippen LogP contribution in [0.15, 0.2) is 53.5 Å². The van der Waals surface area contributed by atoms with Crippen molar-refractivity contribution in [1.29, 1.82) is 0 Å². The molecule has 35 heavy (non-hydrogen) atoms. The predicted octanol–water partition coefficient (Wildman–Crippen LogP) is -3.94. The molecule has 0 saturated heterocycles. The second kappa shape index (κ2) is 13.3. The minimum atomic E-state index is -1.35. The zero-order valence-corrected chi connectivity index (χ0v) is 24.9. The first-order valence-corrected chi connectivity index (χ1v) is 10.4. The van der Waals surface area contributed by atoms with Crippen LogP contribution < -0.4 is 85.5 Å². The van der Waals surface area contributed by atoms with Crippen molar-refractivity contribution in [2.75, 3.05) is 5.32 Å². The van der Waals surface area contributed by atoms with Gasteiger partial charge in [-0.05, 0) is 60.2 Å². The third-order valence-corrected chi connectivity index (χ3v) is 5.56. The minimum absolute atomic E-state index is 0. The van der Waals surface area contributed by atoms with Crippen molar-refractivity contribution in [3.63, 3.8) is 0 Å². The maximum absolute atomic E-state index is 12.6. The normalized spacial score (nSPS) is 11.0. The van der Waals surface area contributed by atoms with E-state index in [-0.39, 0.29) is 59.1 Å². The molecule has 0 spiro atoms. The number of pyridine rings is 1. The van der Waals surface area contributed by atoms with Gasteiger partial charge in [0.25, 0.3) is 5.56 Å². The monoisotopic (exact) mass is 493 g/mol. The van der Waals surface area contributed by atoms with Crippen LogP contribution >= 0.6 is 0 Å². The molecule has 0 aliphatic carbocycles. The Labute approximate surface area is 248 Å². The van der Waals surface area contributed by atoms with Crippen molar-refractivity contribution in [3.05, 3.63) is 81.3 Å². The Bertz CT molecular complexity index is 1270. The van der Waals surface area contributed by atoms with E-state index in [1.165, 1.54) is 13.2 Å². The van der Waals surface area contributed by atoms with E-state index in [9.17, 15) is 24.6 Å². The topological polar surface area (TPSA) is 126 Å². The summed E-state index contributed by atoms with van der Waals surface area (Å²) in [6.07, 6.45) is 0.813. The van der Waals surface area contributed by atoms with E-state index in [0.717, 1.165) is 38.5 Å². The van der Waals surface area contributed by atoms with Gasteiger partial charge in [0.15, 0.2) is 0 Å². The molecule has 1 atom stereocenters. The van der Waals surface area contributed by atoms with E-state index in [4.69, 9.17) is 0 Å². The molecule has 0 aliphatic rings. The number of rotatable bonds is 6. The van der Waals surface area contributed by atoms with Crippen molar-refractivity contribution < 1.29 is 78.9 Å². The number of anilines is 1. The standard InChI is InChI=1S/C25H27N3O5.2Na/c1-14-8-9-17(12-18(14)22-15(2)6-5-7-16(22)3)19(13-21(30)31)26-25(33)27-23-20(29)10-11-28(4)24(23)32;;/h5-12,19,29H,13H2,1-4H3,(H,30,31)(H2,26,27,33);;/q;2*+1/p-2/t19-;;/m0../s1. The quantitative estimate of drug-likeness (QED) is 0.339. The van der Waals surface area contributed by atoms with Crippen LogP contribution in [0.25, 0.3) is 11.1 Å². The summed E-state index contributed by atoms with van der Waals surface area (Å²) in [6.45, 7) is 5.96. The van der Waals surface area contributed by atoms with Gasteiger partial charge in [-0.2, -0.15) is 0 Å². The molecule has 0 aliphatic heterocycles. The zero-order valence-electron chi connectivity index (χ0n) is 20.9. The van der Waals surface area contributed by atoms with Crippen LogP contribution in [0.2, 0.25) is 0 Å². The maximum Gasteiger partial charge on any atom is 1.00 e. The Morgan fingerprint density at radius 1 is 1.00 bits per heavy atom. The molecule has 3 rings (SSSR count). The SMILES string of the molecule is Cc1ccc([C@H](CC(=O)[O-])NC(=O)Nc2c([O-])ccn(C)c2=O)cc1-c1c(C)cccc1C.[Na+].[Na+]. The molecule has 0 bridgehead atoms. The van der Waals surface area contributed by atoms with Gasteiger partial charge < -0.3 is 30.2 Å². The summed E-state index contributed by atoms with van der Waals surface area (Å²) in [5, 5.41) is 28.2. The molecule has 1 aromatic heterocycles. The van der Waals surface area contributed by atoms with E-state index in [1.807, 2.05) is 51.1 Å². The van der Waals surface area contributed by atoms with Crippen LogP contribution in [-0.2, 0) is 11.8 Å². The van der Waals surface area contributed by atoms with Crippen LogP contribution in [0.3, 0.4) is 0 Å². The number of urea groups is 1. The molecule has 0 fully saturated rings. The fourth-order valence-electron chi connectivity index (χ4n) is 3.82. The molecule has 2 N–H and O–H groups in total. The number of aliphatic carboxylic acids is 1. The number of aryl methyl sites for hydroxylation is 4. The number of aromatic nitrogens is 1. The number of nitrogens with zero attached hydrogens (tertiary/aromatic N) is 1. The first-order valence-electron chi connectivity index (χ1n) is 10.4. The summed E-state index contributed by atoms with van der Waals surface area (Å²) in [5.74, 6) is -1.99. The Balaban J connectivity index is 0.00000306. The predicted molar refractivity (Wildman–Crippen MR) is 122 cm³/mol. The molecule has 0 saturated carbocycles. The third kappa shape index (κ3) is 7.46. The molecule has 2 aromatic carbocycles. The molecule has 172 valence electrons. The molecular formula is C25H25N3Na2O5. The van der Waals surface area contributed by atoms with Gasteiger partial charge in [-0.25, -0.2) is 4.79 Å². The Hall–Kier alpha value is -2.07. The second-order valence-electron chi connectivity index (χ2n) is 8.04. The number of nitrogens with one attached hydrogen (secondary N) is 2. The van der Waals surface area contributed by atoms with Gasteiger partial charge in [0.1, 0.15) is 5.69 Å². The minimum Gasteiger partial charge on any atom is -0.871 e. The van der Waals surface area contributed by atoms with Gasteiger partial charge in [0, 0.05) is 25.6 Å². The average Bonchev–Trinajstić information content (AvgIpc) is 2.74. The van der Waals surface area contributed by atoms with Gasteiger partial charge in [0.2, 0.25) is 0 Å². The van der Waals surface area contributed by atoms with Gasteiger partial charge in [-0.1, -0.05) is 42.1 Å². The summed E-state index contributed by atoms with van der Waals surface area (Å²) in [6, 6.07) is 10.8. The number of hydrogen-bond acceptors (Lipinski definition) is 5. The van der Waals surface area contributed by atoms with Crippen LogP contribution in [0, 0.1) is 20.8 Å². The number of carboxylic acid groups (broad SMARTS) is 1. The van der Waals surface area contributed by atoms with Crippen molar-refractivity contribution in [3.8, 4) is 16.9 Å². The van der Waals surface area contributed by atoms with E-state index >= 15 is 0 Å². The smallest absolute Gasteiger partial charge is 0.871 e. The zero-order chi connectivity index (χ0) is 24.3. The largest absolute Gasteiger partial charge is 1.00 e. The molecule has 0 unspecified atom stereocenters. The number of hydrogen-bond donors (Lipinski definition) is 2. The fourth-order valence-corrected chi connectivity index (χ4v) is 3.82. The van der Waals surface area contributed by atoms with E-state index in [1.54, 1.807) is 6.07 Å². The number of carboxylic acids is 1. The van der Waals surface area contributed by atoms with E-state index in [2.05, 4.69) is 10.6 Å². The molecule has 1 heterocycles. The number of benzene rings is 2. The number of amides is 2. The summed E-state index contributed by atoms with van der Waals surface area (Å²) >= 11 is 0. The van der Waals surface area contributed by atoms with Gasteiger partial charge >= 0.3 is 65.1 Å². The first-order chi connectivity index (χ1) is 15.6. The molecular weight excluding hydrogens is 468 g/mol. The summed E-state index contributed by atoms with van der Waals surface area (Å²) < 4.78 is 1.16. The van der Waals surface area contributed by atoms with Crippen LogP contribution in [0.5, 0.6) is 5.75 Å². The van der Waals surface area contributed by atoms with Gasteiger partial charge in [0.05, 0.1) is 6.04 Å². The van der Waals surface area contributed by atoms with Crippen LogP contribution in [0.4, 0.5) is 10.5 Å². The second-order valence-corrected chi connectivity index (χ2v) is 8.04. The third-order valence-electron chi connectivity index (χ3n) is 5.56. The Kier molecular flexibility index (Phi) is 11.8. The molecule has 2 amide bonds. The summed E-state index contributed by atoms with van der Waals surface area (Å²) in [4.78, 5) is 36.2. The summed E-state index contributed by atoms with van der Waals surface area (Å²) in [7, 11) is 1.45. The summed E-state index contributed by atoms with van der Waals surface area (Å²) in [5.41, 5.74) is 4.58. The van der Waals surface area contributed by atoms with E-state index in [0.29, 0.717) is 5.56 Å². The first kappa shape index (κ1) is 31.0.